The summed E-state index contributed by atoms with van der Waals surface area (Å²) in [7, 11) is 0. The number of benzene rings is 1. The van der Waals surface area contributed by atoms with E-state index in [1.54, 1.807) is 24.3 Å². The zero-order chi connectivity index (χ0) is 12.7. The molecule has 1 aromatic carbocycles. The molecule has 17 heavy (non-hydrogen) atoms. The summed E-state index contributed by atoms with van der Waals surface area (Å²) in [5.74, 6) is 0. The Balaban J connectivity index is 2.49. The molecule has 2 amide bonds. The number of aliphatic hydroxyl groups excluding tert-OH is 1. The van der Waals surface area contributed by atoms with Gasteiger partial charge in [0, 0.05) is 23.4 Å². The summed E-state index contributed by atoms with van der Waals surface area (Å²) in [4.78, 5) is 11.6. The third-order valence-electron chi connectivity index (χ3n) is 2.39. The van der Waals surface area contributed by atoms with Gasteiger partial charge in [0.05, 0.1) is 0 Å². The number of aliphatic hydroxyl groups is 1. The van der Waals surface area contributed by atoms with Gasteiger partial charge in [-0.2, -0.15) is 0 Å². The van der Waals surface area contributed by atoms with Gasteiger partial charge in [0.15, 0.2) is 0 Å². The molecular formula is C12H17ClN2O2. The molecule has 5 heteroatoms. The van der Waals surface area contributed by atoms with Crippen molar-refractivity contribution in [2.45, 2.75) is 25.8 Å². The molecule has 0 bridgehead atoms. The average Bonchev–Trinajstić information content (AvgIpc) is 2.28. The van der Waals surface area contributed by atoms with Crippen LogP contribution in [0.2, 0.25) is 5.02 Å². The van der Waals surface area contributed by atoms with Gasteiger partial charge < -0.3 is 15.7 Å². The number of amides is 2. The smallest absolute Gasteiger partial charge is 0.319 e. The molecule has 1 atom stereocenters. The van der Waals surface area contributed by atoms with Crippen molar-refractivity contribution >= 4 is 23.3 Å². The second-order valence-electron chi connectivity index (χ2n) is 3.73. The van der Waals surface area contributed by atoms with Gasteiger partial charge in [0.1, 0.15) is 0 Å². The lowest BCUT2D eigenvalue weighted by Crippen LogP contribution is -2.38. The van der Waals surface area contributed by atoms with E-state index in [9.17, 15) is 4.79 Å². The van der Waals surface area contributed by atoms with Crippen LogP contribution < -0.4 is 10.6 Å². The Labute approximate surface area is 106 Å². The molecule has 0 radical (unpaired) electrons. The van der Waals surface area contributed by atoms with E-state index in [0.29, 0.717) is 17.1 Å². The van der Waals surface area contributed by atoms with Crippen LogP contribution in [-0.2, 0) is 0 Å². The standard InChI is InChI=1S/C12H17ClN2O2/c1-2-10(6-7-16)14-12(17)15-11-5-3-4-9(13)8-11/h3-5,8,10,16H,2,6-7H2,1H3,(H2,14,15,17)/t10-/m0/s1. The highest BCUT2D eigenvalue weighted by molar-refractivity contribution is 6.30. The van der Waals surface area contributed by atoms with Gasteiger partial charge in [0.2, 0.25) is 0 Å². The van der Waals surface area contributed by atoms with Gasteiger partial charge >= 0.3 is 6.03 Å². The Kier molecular flexibility index (Phi) is 5.80. The number of anilines is 1. The Morgan fingerprint density at radius 3 is 2.88 bits per heavy atom. The number of urea groups is 1. The van der Waals surface area contributed by atoms with Crippen LogP contribution in [0.4, 0.5) is 10.5 Å². The fourth-order valence-electron chi connectivity index (χ4n) is 1.45. The number of rotatable bonds is 5. The fraction of sp³-hybridized carbons (Fsp3) is 0.417. The predicted octanol–water partition coefficient (Wildman–Crippen LogP) is 2.62. The van der Waals surface area contributed by atoms with Crippen molar-refractivity contribution in [2.75, 3.05) is 11.9 Å². The van der Waals surface area contributed by atoms with Crippen LogP contribution in [0.5, 0.6) is 0 Å². The van der Waals surface area contributed by atoms with Crippen molar-refractivity contribution in [1.82, 2.24) is 5.32 Å². The number of carbonyl (C=O) groups is 1. The molecule has 4 nitrogen and oxygen atoms in total. The molecule has 0 fully saturated rings. The average molecular weight is 257 g/mol. The largest absolute Gasteiger partial charge is 0.396 e. The van der Waals surface area contributed by atoms with E-state index in [1.807, 2.05) is 6.92 Å². The van der Waals surface area contributed by atoms with E-state index in [2.05, 4.69) is 10.6 Å². The number of nitrogens with one attached hydrogen (secondary N) is 2. The number of carbonyl (C=O) groups excluding carboxylic acids is 1. The minimum absolute atomic E-state index is 0.0146. The van der Waals surface area contributed by atoms with Crippen molar-refractivity contribution in [3.63, 3.8) is 0 Å². The molecule has 0 saturated heterocycles. The molecule has 3 N–H and O–H groups in total. The maximum Gasteiger partial charge on any atom is 0.319 e. The molecule has 0 heterocycles. The first kappa shape index (κ1) is 13.8. The first-order valence-corrected chi connectivity index (χ1v) is 5.97. The first-order valence-electron chi connectivity index (χ1n) is 5.59. The van der Waals surface area contributed by atoms with E-state index in [0.717, 1.165) is 6.42 Å². The molecule has 0 aliphatic rings. The Hall–Kier alpha value is -1.26. The van der Waals surface area contributed by atoms with Crippen molar-refractivity contribution in [1.29, 1.82) is 0 Å². The van der Waals surface area contributed by atoms with Crippen molar-refractivity contribution in [3.8, 4) is 0 Å². The van der Waals surface area contributed by atoms with Gasteiger partial charge in [-0.1, -0.05) is 24.6 Å². The molecule has 0 unspecified atom stereocenters. The van der Waals surface area contributed by atoms with Gasteiger partial charge in [-0.05, 0) is 31.0 Å². The van der Waals surface area contributed by atoms with Crippen molar-refractivity contribution in [3.05, 3.63) is 29.3 Å². The summed E-state index contributed by atoms with van der Waals surface area (Å²) < 4.78 is 0. The van der Waals surface area contributed by atoms with E-state index < -0.39 is 0 Å². The molecule has 0 aliphatic heterocycles. The lowest BCUT2D eigenvalue weighted by atomic mass is 10.2. The summed E-state index contributed by atoms with van der Waals surface area (Å²) in [6.07, 6.45) is 1.34. The molecule has 0 aromatic heterocycles. The van der Waals surface area contributed by atoms with Crippen LogP contribution in [0.1, 0.15) is 19.8 Å². The number of halogens is 1. The summed E-state index contributed by atoms with van der Waals surface area (Å²) >= 11 is 5.81. The molecule has 0 spiro atoms. The van der Waals surface area contributed by atoms with Crippen LogP contribution in [0.25, 0.3) is 0 Å². The van der Waals surface area contributed by atoms with E-state index in [1.165, 1.54) is 0 Å². The highest BCUT2D eigenvalue weighted by atomic mass is 35.5. The quantitative estimate of drug-likeness (QED) is 0.758. The minimum Gasteiger partial charge on any atom is -0.396 e. The van der Waals surface area contributed by atoms with E-state index in [4.69, 9.17) is 16.7 Å². The fourth-order valence-corrected chi connectivity index (χ4v) is 1.64. The SMILES string of the molecule is CC[C@@H](CCO)NC(=O)Nc1cccc(Cl)c1. The Bertz CT molecular complexity index is 371. The molecule has 94 valence electrons. The third kappa shape index (κ3) is 5.06. The highest BCUT2D eigenvalue weighted by Crippen LogP contribution is 2.14. The summed E-state index contributed by atoms with van der Waals surface area (Å²) in [5.41, 5.74) is 0.647. The predicted molar refractivity (Wildman–Crippen MR) is 69.4 cm³/mol. The summed E-state index contributed by atoms with van der Waals surface area (Å²) in [5, 5.41) is 14.9. The molecule has 0 aliphatic carbocycles. The van der Waals surface area contributed by atoms with Gasteiger partial charge in [-0.3, -0.25) is 0 Å². The Morgan fingerprint density at radius 1 is 1.53 bits per heavy atom. The van der Waals surface area contributed by atoms with Gasteiger partial charge in [-0.25, -0.2) is 4.79 Å². The zero-order valence-corrected chi connectivity index (χ0v) is 10.5. The lowest BCUT2D eigenvalue weighted by molar-refractivity contribution is 0.237. The van der Waals surface area contributed by atoms with Gasteiger partial charge in [0.25, 0.3) is 0 Å². The van der Waals surface area contributed by atoms with Crippen LogP contribution in [0.15, 0.2) is 24.3 Å². The van der Waals surface area contributed by atoms with Gasteiger partial charge in [-0.15, -0.1) is 0 Å². The second kappa shape index (κ2) is 7.14. The molecule has 1 rings (SSSR count). The third-order valence-corrected chi connectivity index (χ3v) is 2.62. The second-order valence-corrected chi connectivity index (χ2v) is 4.16. The minimum atomic E-state index is -0.285. The van der Waals surface area contributed by atoms with E-state index in [-0.39, 0.29) is 18.7 Å². The Morgan fingerprint density at radius 2 is 2.29 bits per heavy atom. The number of hydrogen-bond acceptors (Lipinski definition) is 2. The van der Waals surface area contributed by atoms with Crippen LogP contribution in [-0.4, -0.2) is 23.8 Å². The van der Waals surface area contributed by atoms with Crippen LogP contribution in [0.3, 0.4) is 0 Å². The topological polar surface area (TPSA) is 61.4 Å². The zero-order valence-electron chi connectivity index (χ0n) is 9.74. The summed E-state index contributed by atoms with van der Waals surface area (Å²) in [6, 6.07) is 6.65. The number of hydrogen-bond donors (Lipinski definition) is 3. The molecular weight excluding hydrogens is 240 g/mol. The van der Waals surface area contributed by atoms with Crippen molar-refractivity contribution in [2.24, 2.45) is 0 Å². The summed E-state index contributed by atoms with van der Waals surface area (Å²) in [6.45, 7) is 2.02. The van der Waals surface area contributed by atoms with Crippen LogP contribution >= 0.6 is 11.6 Å². The maximum atomic E-state index is 11.6. The lowest BCUT2D eigenvalue weighted by Gasteiger charge is -2.16. The van der Waals surface area contributed by atoms with E-state index >= 15 is 0 Å². The maximum absolute atomic E-state index is 11.6. The molecule has 0 saturated carbocycles. The van der Waals surface area contributed by atoms with Crippen LogP contribution in [0, 0.1) is 0 Å². The molecule has 1 aromatic rings. The highest BCUT2D eigenvalue weighted by Gasteiger charge is 2.09. The normalized spacial score (nSPS) is 11.9. The monoisotopic (exact) mass is 256 g/mol. The van der Waals surface area contributed by atoms with Crippen molar-refractivity contribution < 1.29 is 9.90 Å². The first-order chi connectivity index (χ1) is 8.15.